The van der Waals surface area contributed by atoms with Gasteiger partial charge in [0.1, 0.15) is 5.78 Å². The molecule has 1 rings (SSSR count). The first-order chi connectivity index (χ1) is 8.49. The van der Waals surface area contributed by atoms with Gasteiger partial charge >= 0.3 is 0 Å². The first kappa shape index (κ1) is 14.6. The first-order valence-corrected chi connectivity index (χ1v) is 6.36. The Bertz CT molecular complexity index is 454. The summed E-state index contributed by atoms with van der Waals surface area (Å²) in [4.78, 5) is 21.6. The zero-order valence-corrected chi connectivity index (χ0v) is 11.5. The Hall–Kier alpha value is -1.49. The smallest absolute Gasteiger partial charge is 0.269 e. The van der Waals surface area contributed by atoms with Crippen molar-refractivity contribution in [1.29, 1.82) is 0 Å². The zero-order valence-electron chi connectivity index (χ0n) is 9.89. The van der Waals surface area contributed by atoms with E-state index in [1.54, 1.807) is 12.1 Å². The number of allylic oxidation sites excluding steroid dienone is 1. The van der Waals surface area contributed by atoms with Crippen molar-refractivity contribution >= 4 is 27.4 Å². The van der Waals surface area contributed by atoms with Gasteiger partial charge in [-0.15, -0.1) is 0 Å². The van der Waals surface area contributed by atoms with Gasteiger partial charge in [0.2, 0.25) is 0 Å². The van der Waals surface area contributed by atoms with E-state index >= 15 is 0 Å². The fourth-order valence-electron chi connectivity index (χ4n) is 1.47. The molecular weight excluding hydrogens is 298 g/mol. The molecule has 0 aliphatic carbocycles. The number of nitrogens with zero attached hydrogens (tertiary/aromatic N) is 1. The van der Waals surface area contributed by atoms with E-state index in [2.05, 4.69) is 22.5 Å². The second kappa shape index (κ2) is 7.06. The van der Waals surface area contributed by atoms with Gasteiger partial charge in [-0.3, -0.25) is 14.9 Å². The van der Waals surface area contributed by atoms with E-state index in [0.717, 1.165) is 10.0 Å². The average molecular weight is 312 g/mol. The van der Waals surface area contributed by atoms with Gasteiger partial charge in [0.25, 0.3) is 5.69 Å². The lowest BCUT2D eigenvalue weighted by molar-refractivity contribution is -0.384. The van der Waals surface area contributed by atoms with Crippen molar-refractivity contribution in [1.82, 2.24) is 0 Å². The number of Topliss-reactive ketones (excluding diaryl/α,β-unsaturated/α-hetero) is 1. The summed E-state index contributed by atoms with van der Waals surface area (Å²) in [6, 6.07) is 6.30. The molecular formula is C13H14BrNO3. The van der Waals surface area contributed by atoms with Gasteiger partial charge in [-0.25, -0.2) is 0 Å². The van der Waals surface area contributed by atoms with Crippen molar-refractivity contribution in [3.05, 3.63) is 51.0 Å². The van der Waals surface area contributed by atoms with E-state index in [4.69, 9.17) is 0 Å². The summed E-state index contributed by atoms with van der Waals surface area (Å²) >= 11 is 3.21. The monoisotopic (exact) mass is 311 g/mol. The molecule has 5 heteroatoms. The van der Waals surface area contributed by atoms with Gasteiger partial charge < -0.3 is 0 Å². The summed E-state index contributed by atoms with van der Waals surface area (Å²) in [5.74, 6) is 0.175. The zero-order chi connectivity index (χ0) is 13.5. The van der Waals surface area contributed by atoms with E-state index in [-0.39, 0.29) is 11.5 Å². The summed E-state index contributed by atoms with van der Waals surface area (Å²) in [5.41, 5.74) is 1.01. The van der Waals surface area contributed by atoms with Gasteiger partial charge in [0.05, 0.1) is 4.92 Å². The van der Waals surface area contributed by atoms with Crippen molar-refractivity contribution in [2.45, 2.75) is 25.7 Å². The highest BCUT2D eigenvalue weighted by Crippen LogP contribution is 2.15. The van der Waals surface area contributed by atoms with Gasteiger partial charge in [0, 0.05) is 25.0 Å². The number of benzene rings is 1. The molecule has 0 atom stereocenters. The molecule has 0 N–H and O–H groups in total. The summed E-state index contributed by atoms with van der Waals surface area (Å²) in [6.07, 6.45) is 2.21. The van der Waals surface area contributed by atoms with Crippen molar-refractivity contribution in [3.63, 3.8) is 0 Å². The van der Waals surface area contributed by atoms with Crippen LogP contribution in [0, 0.1) is 10.1 Å². The van der Waals surface area contributed by atoms with Gasteiger partial charge in [-0.05, 0) is 22.9 Å². The lowest BCUT2D eigenvalue weighted by Gasteiger charge is -2.01. The highest BCUT2D eigenvalue weighted by molar-refractivity contribution is 9.11. The second-order valence-electron chi connectivity index (χ2n) is 3.98. The number of rotatable bonds is 7. The number of halogens is 1. The number of hydrogen-bond donors (Lipinski definition) is 0. The molecule has 0 saturated carbocycles. The predicted octanol–water partition coefficient (Wildman–Crippen LogP) is 3.79. The highest BCUT2D eigenvalue weighted by atomic mass is 79.9. The number of carbonyl (C=O) groups excluding carboxylic acids is 1. The number of nitro groups is 1. The van der Waals surface area contributed by atoms with Crippen molar-refractivity contribution in [2.24, 2.45) is 0 Å². The molecule has 0 heterocycles. The lowest BCUT2D eigenvalue weighted by Crippen LogP contribution is -2.00. The molecule has 0 bridgehead atoms. The van der Waals surface area contributed by atoms with Crippen LogP contribution in [-0.2, 0) is 11.2 Å². The maximum absolute atomic E-state index is 11.5. The number of nitro benzene ring substituents is 1. The molecule has 0 fully saturated rings. The van der Waals surface area contributed by atoms with E-state index in [9.17, 15) is 14.9 Å². The molecule has 0 amide bonds. The normalized spacial score (nSPS) is 10.1. The van der Waals surface area contributed by atoms with Crippen LogP contribution in [0.1, 0.15) is 24.8 Å². The maximum Gasteiger partial charge on any atom is 0.269 e. The van der Waals surface area contributed by atoms with Crippen LogP contribution in [-0.4, -0.2) is 10.7 Å². The Morgan fingerprint density at radius 1 is 1.22 bits per heavy atom. The Kier molecular flexibility index (Phi) is 5.71. The van der Waals surface area contributed by atoms with Crippen LogP contribution >= 0.6 is 15.9 Å². The van der Waals surface area contributed by atoms with Crippen LogP contribution in [0.2, 0.25) is 0 Å². The summed E-state index contributed by atoms with van der Waals surface area (Å²) in [5, 5.41) is 10.5. The minimum atomic E-state index is -0.434. The molecule has 0 aliphatic rings. The molecule has 0 spiro atoms. The van der Waals surface area contributed by atoms with E-state index in [0.29, 0.717) is 25.7 Å². The third-order valence-electron chi connectivity index (χ3n) is 2.51. The third-order valence-corrected chi connectivity index (χ3v) is 2.91. The number of ketones is 1. The van der Waals surface area contributed by atoms with Crippen LogP contribution in [0.5, 0.6) is 0 Å². The van der Waals surface area contributed by atoms with Crippen LogP contribution in [0.3, 0.4) is 0 Å². The predicted molar refractivity (Wildman–Crippen MR) is 73.7 cm³/mol. The quantitative estimate of drug-likeness (QED) is 0.568. The lowest BCUT2D eigenvalue weighted by atomic mass is 10.0. The second-order valence-corrected chi connectivity index (χ2v) is 5.10. The molecule has 1 aromatic carbocycles. The highest BCUT2D eigenvalue weighted by Gasteiger charge is 2.06. The van der Waals surface area contributed by atoms with E-state index < -0.39 is 4.92 Å². The van der Waals surface area contributed by atoms with Gasteiger partial charge in [0.15, 0.2) is 0 Å². The van der Waals surface area contributed by atoms with Gasteiger partial charge in [-0.2, -0.15) is 0 Å². The molecule has 1 aromatic rings. The Morgan fingerprint density at radius 2 is 1.83 bits per heavy atom. The average Bonchev–Trinajstić information content (AvgIpc) is 2.34. The SMILES string of the molecule is C=C(Br)CCC(=O)CCc1ccc([N+](=O)[O-])cc1. The molecule has 0 aromatic heterocycles. The number of hydrogen-bond acceptors (Lipinski definition) is 3. The largest absolute Gasteiger partial charge is 0.300 e. The Morgan fingerprint density at radius 3 is 2.33 bits per heavy atom. The van der Waals surface area contributed by atoms with Crippen molar-refractivity contribution in [2.75, 3.05) is 0 Å². The fourth-order valence-corrected chi connectivity index (χ4v) is 1.67. The topological polar surface area (TPSA) is 60.2 Å². The molecule has 96 valence electrons. The van der Waals surface area contributed by atoms with E-state index in [1.165, 1.54) is 12.1 Å². The molecule has 18 heavy (non-hydrogen) atoms. The Labute approximate surface area is 114 Å². The molecule has 4 nitrogen and oxygen atoms in total. The number of non-ortho nitro benzene ring substituents is 1. The van der Waals surface area contributed by atoms with Crippen LogP contribution in [0.25, 0.3) is 0 Å². The number of aryl methyl sites for hydroxylation is 1. The molecule has 0 aliphatic heterocycles. The van der Waals surface area contributed by atoms with Crippen molar-refractivity contribution < 1.29 is 9.72 Å². The summed E-state index contributed by atoms with van der Waals surface area (Å²) in [7, 11) is 0. The first-order valence-electron chi connectivity index (χ1n) is 5.57. The van der Waals surface area contributed by atoms with Crippen LogP contribution in [0.4, 0.5) is 5.69 Å². The Balaban J connectivity index is 2.41. The maximum atomic E-state index is 11.5. The van der Waals surface area contributed by atoms with Crippen LogP contribution in [0.15, 0.2) is 35.3 Å². The molecule has 0 radical (unpaired) electrons. The molecule has 0 saturated heterocycles. The van der Waals surface area contributed by atoms with Crippen molar-refractivity contribution in [3.8, 4) is 0 Å². The number of carbonyl (C=O) groups is 1. The summed E-state index contributed by atoms with van der Waals surface area (Å²) in [6.45, 7) is 3.67. The van der Waals surface area contributed by atoms with E-state index in [1.807, 2.05) is 0 Å². The molecule has 0 unspecified atom stereocenters. The fraction of sp³-hybridized carbons (Fsp3) is 0.308. The van der Waals surface area contributed by atoms with Crippen LogP contribution < -0.4 is 0 Å². The third kappa shape index (κ3) is 5.23. The standard InChI is InChI=1S/C13H14BrNO3/c1-10(14)2-8-13(16)9-5-11-3-6-12(7-4-11)15(17)18/h3-4,6-7H,1-2,5,8-9H2. The minimum Gasteiger partial charge on any atom is -0.300 e. The minimum absolute atomic E-state index is 0.0701. The summed E-state index contributed by atoms with van der Waals surface area (Å²) < 4.78 is 0.825. The van der Waals surface area contributed by atoms with Gasteiger partial charge in [-0.1, -0.05) is 34.6 Å².